The number of rotatable bonds is 3. The van der Waals surface area contributed by atoms with Gasteiger partial charge in [-0.15, -0.1) is 0 Å². The van der Waals surface area contributed by atoms with Gasteiger partial charge in [0.05, 0.1) is 10.6 Å². The van der Waals surface area contributed by atoms with Crippen LogP contribution < -0.4 is 5.32 Å². The lowest BCUT2D eigenvalue weighted by Gasteiger charge is -2.38. The topological polar surface area (TPSA) is 67.2 Å². The Morgan fingerprint density at radius 2 is 1.72 bits per heavy atom. The minimum absolute atomic E-state index is 0.0476. The van der Waals surface area contributed by atoms with Gasteiger partial charge in [-0.3, -0.25) is 4.68 Å². The minimum atomic E-state index is -3.49. The molecule has 29 heavy (non-hydrogen) atoms. The molecule has 2 aromatic carbocycles. The fraction of sp³-hybridized carbons (Fsp3) is 0.318. The summed E-state index contributed by atoms with van der Waals surface area (Å²) >= 11 is 0. The van der Waals surface area contributed by atoms with E-state index in [1.165, 1.54) is 11.3 Å². The Labute approximate surface area is 171 Å². The van der Waals surface area contributed by atoms with Crippen LogP contribution in [0, 0.1) is 0 Å². The lowest BCUT2D eigenvalue weighted by molar-refractivity contribution is 0.249. The van der Waals surface area contributed by atoms with Crippen LogP contribution in [0.4, 0.5) is 5.69 Å². The number of hydrogen-bond acceptors (Lipinski definition) is 4. The minimum Gasteiger partial charge on any atom is -0.384 e. The summed E-state index contributed by atoms with van der Waals surface area (Å²) in [5.41, 5.74) is 4.48. The number of sulfonamides is 1. The summed E-state index contributed by atoms with van der Waals surface area (Å²) < 4.78 is 29.8. The number of aromatic nitrogens is 2. The first-order valence-electron chi connectivity index (χ1n) is 9.92. The fourth-order valence-corrected chi connectivity index (χ4v) is 6.11. The van der Waals surface area contributed by atoms with Gasteiger partial charge in [-0.2, -0.15) is 9.40 Å². The van der Waals surface area contributed by atoms with E-state index in [2.05, 4.69) is 28.6 Å². The molecule has 2 aliphatic heterocycles. The zero-order valence-corrected chi connectivity index (χ0v) is 17.2. The molecule has 0 radical (unpaired) electrons. The van der Waals surface area contributed by atoms with E-state index in [4.69, 9.17) is 0 Å². The Hall–Kier alpha value is -2.64. The number of hydrogen-bond donors (Lipinski definition) is 1. The Kier molecular flexibility index (Phi) is 4.26. The summed E-state index contributed by atoms with van der Waals surface area (Å²) in [6, 6.07) is 17.4. The fourth-order valence-electron chi connectivity index (χ4n) is 4.66. The van der Waals surface area contributed by atoms with Gasteiger partial charge in [0.2, 0.25) is 10.0 Å². The van der Waals surface area contributed by atoms with E-state index in [0.29, 0.717) is 18.0 Å². The molecule has 2 aliphatic rings. The van der Waals surface area contributed by atoms with E-state index in [1.807, 2.05) is 31.3 Å². The van der Waals surface area contributed by atoms with Gasteiger partial charge in [0.25, 0.3) is 0 Å². The van der Waals surface area contributed by atoms with Gasteiger partial charge >= 0.3 is 0 Å². The number of anilines is 1. The molecule has 0 unspecified atom stereocenters. The van der Waals surface area contributed by atoms with Crippen molar-refractivity contribution in [1.82, 2.24) is 14.1 Å². The van der Waals surface area contributed by atoms with Gasteiger partial charge in [0, 0.05) is 44.0 Å². The summed E-state index contributed by atoms with van der Waals surface area (Å²) in [6.45, 7) is 1.98. The molecule has 1 aromatic heterocycles. The summed E-state index contributed by atoms with van der Waals surface area (Å²) in [5, 5.41) is 7.67. The van der Waals surface area contributed by atoms with Crippen molar-refractivity contribution in [1.29, 1.82) is 0 Å². The van der Waals surface area contributed by atoms with E-state index in [9.17, 15) is 8.42 Å². The van der Waals surface area contributed by atoms with Gasteiger partial charge in [0.15, 0.2) is 0 Å². The Bertz CT molecular complexity index is 1140. The second-order valence-electron chi connectivity index (χ2n) is 7.95. The maximum atomic E-state index is 13.2. The lowest BCUT2D eigenvalue weighted by atomic mass is 9.75. The molecule has 1 spiro atoms. The maximum absolute atomic E-state index is 13.2. The van der Waals surface area contributed by atoms with Crippen molar-refractivity contribution in [2.45, 2.75) is 23.2 Å². The average molecular weight is 409 g/mol. The highest BCUT2D eigenvalue weighted by atomic mass is 32.2. The molecule has 5 rings (SSSR count). The van der Waals surface area contributed by atoms with Crippen LogP contribution in [0.3, 0.4) is 0 Å². The molecule has 3 heterocycles. The van der Waals surface area contributed by atoms with Crippen LogP contribution in [-0.4, -0.2) is 42.1 Å². The predicted molar refractivity (Wildman–Crippen MR) is 113 cm³/mol. The van der Waals surface area contributed by atoms with Crippen molar-refractivity contribution in [2.75, 3.05) is 25.0 Å². The monoisotopic (exact) mass is 408 g/mol. The molecule has 1 saturated heterocycles. The Morgan fingerprint density at radius 1 is 1.00 bits per heavy atom. The van der Waals surface area contributed by atoms with Gasteiger partial charge in [0.1, 0.15) is 0 Å². The highest BCUT2D eigenvalue weighted by Gasteiger charge is 2.43. The van der Waals surface area contributed by atoms with Crippen LogP contribution in [0.25, 0.3) is 11.3 Å². The molecule has 3 aromatic rings. The molecule has 0 aliphatic carbocycles. The summed E-state index contributed by atoms with van der Waals surface area (Å²) in [4.78, 5) is 0.351. The van der Waals surface area contributed by atoms with Crippen molar-refractivity contribution in [3.8, 4) is 11.3 Å². The van der Waals surface area contributed by atoms with Crippen molar-refractivity contribution in [2.24, 2.45) is 7.05 Å². The van der Waals surface area contributed by atoms with Gasteiger partial charge < -0.3 is 5.32 Å². The van der Waals surface area contributed by atoms with Crippen molar-refractivity contribution < 1.29 is 8.42 Å². The van der Waals surface area contributed by atoms with Crippen LogP contribution in [-0.2, 0) is 22.5 Å². The van der Waals surface area contributed by atoms with E-state index in [0.717, 1.165) is 30.6 Å². The zero-order valence-electron chi connectivity index (χ0n) is 16.4. The van der Waals surface area contributed by atoms with Crippen LogP contribution in [0.2, 0.25) is 0 Å². The third kappa shape index (κ3) is 2.96. The SMILES string of the molecule is Cn1nccc1-c1ccc(S(=O)(=O)N2CCC3(CC2)CNc2ccccc23)cc1. The third-order valence-corrected chi connectivity index (χ3v) is 8.32. The molecule has 0 saturated carbocycles. The third-order valence-electron chi connectivity index (χ3n) is 6.40. The Balaban J connectivity index is 1.35. The second-order valence-corrected chi connectivity index (χ2v) is 9.89. The molecule has 0 atom stereocenters. The standard InChI is InChI=1S/C22H24N4O2S/c1-25-21(10-13-24-25)17-6-8-18(9-7-17)29(27,28)26-14-11-22(12-15-26)16-23-20-5-3-2-4-19(20)22/h2-10,13,23H,11-12,14-16H2,1H3. The second kappa shape index (κ2) is 6.71. The van der Waals surface area contributed by atoms with Gasteiger partial charge in [-0.05, 0) is 48.2 Å². The number of fused-ring (bicyclic) bond motifs is 2. The highest BCUT2D eigenvalue weighted by Crippen LogP contribution is 2.44. The van der Waals surface area contributed by atoms with E-state index < -0.39 is 10.0 Å². The highest BCUT2D eigenvalue weighted by molar-refractivity contribution is 7.89. The number of para-hydroxylation sites is 1. The predicted octanol–water partition coefficient (Wildman–Crippen LogP) is 3.24. The molecule has 150 valence electrons. The smallest absolute Gasteiger partial charge is 0.243 e. The summed E-state index contributed by atoms with van der Waals surface area (Å²) in [6.07, 6.45) is 3.41. The molecule has 6 nitrogen and oxygen atoms in total. The normalized spacial score (nSPS) is 18.5. The molecular formula is C22H24N4O2S. The molecule has 0 amide bonds. The Morgan fingerprint density at radius 3 is 2.41 bits per heavy atom. The number of piperidine rings is 1. The largest absolute Gasteiger partial charge is 0.384 e. The first-order valence-corrected chi connectivity index (χ1v) is 11.4. The van der Waals surface area contributed by atoms with Crippen LogP contribution in [0.5, 0.6) is 0 Å². The summed E-state index contributed by atoms with van der Waals surface area (Å²) in [5.74, 6) is 0. The molecule has 1 fully saturated rings. The maximum Gasteiger partial charge on any atom is 0.243 e. The lowest BCUT2D eigenvalue weighted by Crippen LogP contribution is -2.46. The molecular weight excluding hydrogens is 384 g/mol. The van der Waals surface area contributed by atoms with Gasteiger partial charge in [-0.25, -0.2) is 8.42 Å². The van der Waals surface area contributed by atoms with E-state index in [1.54, 1.807) is 27.3 Å². The summed E-state index contributed by atoms with van der Waals surface area (Å²) in [7, 11) is -1.62. The van der Waals surface area contributed by atoms with Gasteiger partial charge in [-0.1, -0.05) is 30.3 Å². The number of nitrogens with zero attached hydrogens (tertiary/aromatic N) is 3. The van der Waals surface area contributed by atoms with Crippen LogP contribution in [0.1, 0.15) is 18.4 Å². The number of nitrogens with one attached hydrogen (secondary N) is 1. The molecule has 1 N–H and O–H groups in total. The van der Waals surface area contributed by atoms with Crippen LogP contribution >= 0.6 is 0 Å². The van der Waals surface area contributed by atoms with Crippen molar-refractivity contribution >= 4 is 15.7 Å². The zero-order chi connectivity index (χ0) is 20.1. The van der Waals surface area contributed by atoms with E-state index >= 15 is 0 Å². The van der Waals surface area contributed by atoms with Crippen LogP contribution in [0.15, 0.2) is 65.7 Å². The van der Waals surface area contributed by atoms with E-state index in [-0.39, 0.29) is 5.41 Å². The van der Waals surface area contributed by atoms with Crippen molar-refractivity contribution in [3.05, 3.63) is 66.4 Å². The van der Waals surface area contributed by atoms with Crippen molar-refractivity contribution in [3.63, 3.8) is 0 Å². The number of aryl methyl sites for hydroxylation is 1. The molecule has 0 bridgehead atoms. The number of benzene rings is 2. The first-order chi connectivity index (χ1) is 14.0. The quantitative estimate of drug-likeness (QED) is 0.723. The molecule has 7 heteroatoms. The average Bonchev–Trinajstić information content (AvgIpc) is 3.33. The first kappa shape index (κ1) is 18.4.